The lowest BCUT2D eigenvalue weighted by atomic mass is 9.72. The molecule has 0 atom stereocenters. The molecule has 244 valence electrons. The van der Waals surface area contributed by atoms with Crippen molar-refractivity contribution in [3.05, 3.63) is 176 Å². The van der Waals surface area contributed by atoms with E-state index in [4.69, 9.17) is 4.42 Å². The van der Waals surface area contributed by atoms with Crippen molar-refractivity contribution in [2.45, 2.75) is 0 Å². The molecule has 0 unspecified atom stereocenters. The van der Waals surface area contributed by atoms with E-state index in [1.54, 1.807) is 0 Å². The summed E-state index contributed by atoms with van der Waals surface area (Å²) in [5.74, 6) is 0. The maximum Gasteiger partial charge on any atom is 0.492 e. The highest BCUT2D eigenvalue weighted by molar-refractivity contribution is 6.65. The maximum atomic E-state index is 11.0. The molecular formula is C48H31BO3. The predicted molar refractivity (Wildman–Crippen MR) is 218 cm³/mol. The first-order valence-electron chi connectivity index (χ1n) is 17.6. The van der Waals surface area contributed by atoms with Crippen molar-refractivity contribution in [2.75, 3.05) is 0 Å². The molecule has 0 saturated carbocycles. The van der Waals surface area contributed by atoms with Gasteiger partial charge in [0.15, 0.2) is 0 Å². The van der Waals surface area contributed by atoms with Crippen molar-refractivity contribution in [1.82, 2.24) is 0 Å². The van der Waals surface area contributed by atoms with Gasteiger partial charge < -0.3 is 14.5 Å². The van der Waals surface area contributed by atoms with Gasteiger partial charge in [-0.25, -0.2) is 0 Å². The second-order valence-corrected chi connectivity index (χ2v) is 13.4. The molecule has 0 spiro atoms. The van der Waals surface area contributed by atoms with Crippen LogP contribution in [0.2, 0.25) is 0 Å². The van der Waals surface area contributed by atoms with Crippen molar-refractivity contribution < 1.29 is 14.5 Å². The van der Waals surface area contributed by atoms with Crippen LogP contribution in [-0.2, 0) is 0 Å². The quantitative estimate of drug-likeness (QED) is 0.142. The minimum Gasteiger partial charge on any atom is -0.456 e. The Labute approximate surface area is 300 Å². The van der Waals surface area contributed by atoms with Crippen LogP contribution in [0.4, 0.5) is 0 Å². The molecule has 10 rings (SSSR count). The number of para-hydroxylation sites is 1. The van der Waals surface area contributed by atoms with Crippen LogP contribution < -0.4 is 5.46 Å². The minimum atomic E-state index is -1.75. The molecule has 0 aliphatic rings. The summed E-state index contributed by atoms with van der Waals surface area (Å²) >= 11 is 0. The molecular weight excluding hydrogens is 635 g/mol. The lowest BCUT2D eigenvalue weighted by Crippen LogP contribution is -2.32. The van der Waals surface area contributed by atoms with Gasteiger partial charge in [-0.2, -0.15) is 0 Å². The fourth-order valence-electron chi connectivity index (χ4n) is 8.28. The van der Waals surface area contributed by atoms with E-state index in [0.717, 1.165) is 43.8 Å². The first kappa shape index (κ1) is 30.4. The van der Waals surface area contributed by atoms with Gasteiger partial charge in [0.05, 0.1) is 0 Å². The molecule has 2 N–H and O–H groups in total. The Morgan fingerprint density at radius 2 is 0.827 bits per heavy atom. The zero-order valence-electron chi connectivity index (χ0n) is 28.1. The van der Waals surface area contributed by atoms with Gasteiger partial charge in [0.1, 0.15) is 11.2 Å². The number of furan rings is 1. The van der Waals surface area contributed by atoms with E-state index in [1.165, 1.54) is 43.8 Å². The Hall–Kier alpha value is -6.46. The maximum absolute atomic E-state index is 11.0. The van der Waals surface area contributed by atoms with Crippen molar-refractivity contribution >= 4 is 66.8 Å². The van der Waals surface area contributed by atoms with Gasteiger partial charge >= 0.3 is 7.12 Å². The molecule has 1 heterocycles. The lowest BCUT2D eigenvalue weighted by molar-refractivity contribution is 0.426. The van der Waals surface area contributed by atoms with Crippen LogP contribution >= 0.6 is 0 Å². The van der Waals surface area contributed by atoms with E-state index in [9.17, 15) is 10.0 Å². The van der Waals surface area contributed by atoms with E-state index in [2.05, 4.69) is 127 Å². The molecule has 0 aliphatic heterocycles. The largest absolute Gasteiger partial charge is 0.492 e. The van der Waals surface area contributed by atoms with Crippen LogP contribution in [0.5, 0.6) is 0 Å². The monoisotopic (exact) mass is 666 g/mol. The summed E-state index contributed by atoms with van der Waals surface area (Å²) in [6.07, 6.45) is 0. The van der Waals surface area contributed by atoms with Crippen LogP contribution in [0.3, 0.4) is 0 Å². The minimum absolute atomic E-state index is 0.367. The van der Waals surface area contributed by atoms with Crippen molar-refractivity contribution in [1.29, 1.82) is 0 Å². The highest BCUT2D eigenvalue weighted by Crippen LogP contribution is 2.45. The van der Waals surface area contributed by atoms with Gasteiger partial charge in [0.2, 0.25) is 0 Å². The first-order valence-corrected chi connectivity index (χ1v) is 17.6. The fourth-order valence-corrected chi connectivity index (χ4v) is 8.28. The van der Waals surface area contributed by atoms with Gasteiger partial charge in [0, 0.05) is 16.2 Å². The van der Waals surface area contributed by atoms with Crippen LogP contribution in [-0.4, -0.2) is 17.2 Å². The molecule has 0 bridgehead atoms. The highest BCUT2D eigenvalue weighted by atomic mass is 16.4. The van der Waals surface area contributed by atoms with Gasteiger partial charge in [-0.15, -0.1) is 0 Å². The molecule has 0 amide bonds. The molecule has 10 aromatic rings. The van der Waals surface area contributed by atoms with Gasteiger partial charge in [-0.1, -0.05) is 158 Å². The van der Waals surface area contributed by atoms with Crippen LogP contribution in [0, 0.1) is 0 Å². The fraction of sp³-hybridized carbons (Fsp3) is 0. The lowest BCUT2D eigenvalue weighted by Gasteiger charge is -2.19. The standard InChI is InChI=1S/C48H31BO3/c50-49(51)47-45(37-22-9-10-23-38(37)46-40-24-11-12-25-42(40)52-48(46)47)34-19-13-18-32(28-34)33-26-27-39-41(29-33)44(31-16-5-2-6-17-31)36-21-8-7-20-35(36)43(39)30-14-3-1-4-15-30/h1-29,50-51H. The topological polar surface area (TPSA) is 53.6 Å². The highest BCUT2D eigenvalue weighted by Gasteiger charge is 2.28. The van der Waals surface area contributed by atoms with E-state index in [-0.39, 0.29) is 0 Å². The Morgan fingerprint density at radius 1 is 0.346 bits per heavy atom. The number of fused-ring (bicyclic) bond motifs is 7. The third kappa shape index (κ3) is 4.70. The van der Waals surface area contributed by atoms with Crippen molar-refractivity contribution in [3.8, 4) is 44.5 Å². The van der Waals surface area contributed by atoms with E-state index < -0.39 is 7.12 Å². The summed E-state index contributed by atoms with van der Waals surface area (Å²) in [7, 11) is -1.75. The van der Waals surface area contributed by atoms with Crippen molar-refractivity contribution in [3.63, 3.8) is 0 Å². The number of benzene rings is 9. The van der Waals surface area contributed by atoms with Crippen LogP contribution in [0.25, 0.3) is 98.8 Å². The second-order valence-electron chi connectivity index (χ2n) is 13.4. The van der Waals surface area contributed by atoms with Gasteiger partial charge in [0.25, 0.3) is 0 Å². The van der Waals surface area contributed by atoms with E-state index in [0.29, 0.717) is 16.6 Å². The summed E-state index contributed by atoms with van der Waals surface area (Å²) in [6.45, 7) is 0. The summed E-state index contributed by atoms with van der Waals surface area (Å²) in [6, 6.07) is 61.2. The average molecular weight is 667 g/mol. The smallest absolute Gasteiger partial charge is 0.456 e. The Morgan fingerprint density at radius 3 is 1.48 bits per heavy atom. The third-order valence-electron chi connectivity index (χ3n) is 10.5. The van der Waals surface area contributed by atoms with Crippen LogP contribution in [0.15, 0.2) is 180 Å². The SMILES string of the molecule is OB(O)c1c(-c2cccc(-c3ccc4c(-c5ccccc5)c5ccccc5c(-c5ccccc5)c4c3)c2)c2ccccc2c2c1oc1ccccc12. The summed E-state index contributed by atoms with van der Waals surface area (Å²) in [5.41, 5.74) is 10.1. The molecule has 9 aromatic carbocycles. The molecule has 0 aliphatic carbocycles. The number of hydrogen-bond acceptors (Lipinski definition) is 3. The second kappa shape index (κ2) is 12.1. The summed E-state index contributed by atoms with van der Waals surface area (Å²) < 4.78 is 6.40. The average Bonchev–Trinajstić information content (AvgIpc) is 3.59. The molecule has 0 saturated heterocycles. The van der Waals surface area contributed by atoms with Gasteiger partial charge in [-0.3, -0.25) is 0 Å². The van der Waals surface area contributed by atoms with Gasteiger partial charge in [-0.05, 0) is 95.0 Å². The third-order valence-corrected chi connectivity index (χ3v) is 10.5. The molecule has 0 fully saturated rings. The molecule has 4 heteroatoms. The zero-order valence-corrected chi connectivity index (χ0v) is 28.1. The van der Waals surface area contributed by atoms with Crippen molar-refractivity contribution in [2.24, 2.45) is 0 Å². The van der Waals surface area contributed by atoms with E-state index >= 15 is 0 Å². The predicted octanol–water partition coefficient (Wildman–Crippen LogP) is 11.4. The molecule has 0 radical (unpaired) electrons. The number of rotatable bonds is 5. The Bertz CT molecular complexity index is 2980. The van der Waals surface area contributed by atoms with E-state index in [1.807, 2.05) is 48.5 Å². The first-order chi connectivity index (χ1) is 25.7. The number of hydrogen-bond donors (Lipinski definition) is 2. The molecule has 3 nitrogen and oxygen atoms in total. The Kier molecular flexibility index (Phi) is 7.07. The zero-order chi connectivity index (χ0) is 34.8. The molecule has 52 heavy (non-hydrogen) atoms. The molecule has 1 aromatic heterocycles. The Balaban J connectivity index is 1.25. The summed E-state index contributed by atoms with van der Waals surface area (Å²) in [5, 5.41) is 30.6. The summed E-state index contributed by atoms with van der Waals surface area (Å²) in [4.78, 5) is 0. The normalized spacial score (nSPS) is 11.7. The van der Waals surface area contributed by atoms with Crippen LogP contribution in [0.1, 0.15) is 0 Å².